The molecule has 26 atom stereocenters. The molecule has 32 heteroatoms. The summed E-state index contributed by atoms with van der Waals surface area (Å²) in [5.41, 5.74) is 0.657. The first-order chi connectivity index (χ1) is 35.9. The van der Waals surface area contributed by atoms with Crippen LogP contribution in [0.3, 0.4) is 0 Å². The highest BCUT2D eigenvalue weighted by molar-refractivity contribution is 6.76. The van der Waals surface area contributed by atoms with Gasteiger partial charge in [0.15, 0.2) is 25.2 Å². The van der Waals surface area contributed by atoms with E-state index in [9.17, 15) is 86.2 Å². The smallest absolute Gasteiger partial charge is 0.366 e. The number of aliphatic hydroxyl groups is 15. The molecule has 0 aliphatic carbocycles. The van der Waals surface area contributed by atoms with Gasteiger partial charge in [0.25, 0.3) is 15.5 Å². The van der Waals surface area contributed by atoms with Crippen molar-refractivity contribution in [3.8, 4) is 0 Å². The van der Waals surface area contributed by atoms with E-state index in [0.29, 0.717) is 5.56 Å². The van der Waals surface area contributed by atoms with Crippen molar-refractivity contribution in [2.24, 2.45) is 5.92 Å². The summed E-state index contributed by atoms with van der Waals surface area (Å²) in [6.07, 6.45) is -45.7. The molecule has 0 radical (unpaired) electrons. The maximum atomic E-state index is 13.6. The monoisotopic (exact) mass is 1160 g/mol. The molecule has 5 saturated heterocycles. The summed E-state index contributed by atoms with van der Waals surface area (Å²) >= 11 is 17.8. The van der Waals surface area contributed by atoms with Crippen molar-refractivity contribution in [3.05, 3.63) is 35.9 Å². The summed E-state index contributed by atoms with van der Waals surface area (Å²) < 4.78 is 60.6. The Balaban J connectivity index is 1.35. The van der Waals surface area contributed by atoms with E-state index < -0.39 is 214 Å². The van der Waals surface area contributed by atoms with Gasteiger partial charge in [-0.25, -0.2) is 4.79 Å². The zero-order chi connectivity index (χ0) is 56.1. The summed E-state index contributed by atoms with van der Waals surface area (Å²) in [5, 5.41) is 165. The summed E-state index contributed by atoms with van der Waals surface area (Å²) in [6.45, 7) is -3.76. The van der Waals surface area contributed by atoms with Crippen LogP contribution in [0.1, 0.15) is 18.9 Å². The number of carbonyl (C=O) groups is 2. The summed E-state index contributed by atoms with van der Waals surface area (Å²) in [7, 11) is 0.890. The minimum Gasteiger partial charge on any atom is -0.465 e. The Morgan fingerprint density at radius 3 is 1.82 bits per heavy atom. The van der Waals surface area contributed by atoms with E-state index >= 15 is 0 Å². The van der Waals surface area contributed by atoms with Crippen LogP contribution in [-0.2, 0) is 68.3 Å². The van der Waals surface area contributed by atoms with E-state index in [0.717, 1.165) is 7.11 Å². The molecule has 5 aliphatic rings. The molecular weight excluding hydrogens is 1100 g/mol. The van der Waals surface area contributed by atoms with E-state index in [4.69, 9.17) is 86.9 Å². The first kappa shape index (κ1) is 63.2. The number of ether oxygens (including phenoxy) is 11. The van der Waals surface area contributed by atoms with Crippen molar-refractivity contribution in [1.82, 2.24) is 5.32 Å². The van der Waals surface area contributed by atoms with Crippen molar-refractivity contribution in [1.29, 1.82) is 0 Å². The molecule has 436 valence electrons. The van der Waals surface area contributed by atoms with Gasteiger partial charge in [-0.1, -0.05) is 72.1 Å². The third-order valence-electron chi connectivity index (χ3n) is 13.7. The van der Waals surface area contributed by atoms with E-state index in [1.807, 2.05) is 0 Å². The van der Waals surface area contributed by atoms with Gasteiger partial charge in [0.05, 0.1) is 59.0 Å². The maximum absolute atomic E-state index is 13.6. The zero-order valence-electron chi connectivity index (χ0n) is 40.4. The van der Waals surface area contributed by atoms with Crippen molar-refractivity contribution in [2.45, 2.75) is 177 Å². The molecule has 1 aromatic rings. The van der Waals surface area contributed by atoms with Crippen LogP contribution in [0.4, 0.5) is 0 Å². The molecule has 0 bridgehead atoms. The Labute approximate surface area is 447 Å². The molecule has 6 rings (SSSR count). The van der Waals surface area contributed by atoms with Crippen LogP contribution in [0.15, 0.2) is 30.3 Å². The lowest BCUT2D eigenvalue weighted by Gasteiger charge is -2.51. The summed E-state index contributed by atoms with van der Waals surface area (Å²) in [4.78, 5) is 27.1. The standard InChI is InChI=1S/C44H66Cl3NO28/c1-15-17(53)8-43(42(65)66-2,76-33(15)24(55)18(54)9-49)68-14-22-27(58)35(74-39-30(61)28(59)25(56)19(10-50)69-39)23(48-41(64)44(45,46)47)37(72-22)75-36-26(57)20(11-51)70-40(32(36)63)73-34-21(12-52)71-38(31(62)29(34)60)67-13-16-6-4-3-5-7-16/h3-7,15,17-40,49-63H,8-14H2,1-2H3,(H,48,64)/t15-,17-,18-,19?,20?,21?,22?,23?,24-,25+,26+,27-,28+,29-,30?,31?,32?,33?,34-,35-,36+,37+,38-,39+,40+,43-/m1/s1. The number of methoxy groups -OCH3 is 1. The Hall–Kier alpha value is -1.97. The van der Waals surface area contributed by atoms with Crippen LogP contribution < -0.4 is 5.32 Å². The van der Waals surface area contributed by atoms with E-state index in [1.54, 1.807) is 30.3 Å². The van der Waals surface area contributed by atoms with Gasteiger partial charge in [-0.3, -0.25) is 4.79 Å². The van der Waals surface area contributed by atoms with Gasteiger partial charge < -0.3 is 134 Å². The van der Waals surface area contributed by atoms with Crippen LogP contribution in [0, 0.1) is 5.92 Å². The minimum absolute atomic E-state index is 0.105. The van der Waals surface area contributed by atoms with Crippen molar-refractivity contribution in [2.75, 3.05) is 40.1 Å². The molecule has 5 fully saturated rings. The van der Waals surface area contributed by atoms with Crippen LogP contribution in [0.5, 0.6) is 0 Å². The topological polar surface area (TPSA) is 451 Å². The summed E-state index contributed by atoms with van der Waals surface area (Å²) in [6, 6.07) is 6.51. The lowest BCUT2D eigenvalue weighted by Crippen LogP contribution is -2.71. The number of nitrogens with one attached hydrogen (secondary N) is 1. The molecular formula is C44H66Cl3NO28. The first-order valence-electron chi connectivity index (χ1n) is 23.8. The van der Waals surface area contributed by atoms with E-state index in [1.165, 1.54) is 6.92 Å². The minimum atomic E-state index is -2.85. The molecule has 9 unspecified atom stereocenters. The highest BCUT2D eigenvalue weighted by atomic mass is 35.6. The van der Waals surface area contributed by atoms with Gasteiger partial charge in [-0.15, -0.1) is 0 Å². The third-order valence-corrected chi connectivity index (χ3v) is 14.2. The number of carbonyl (C=O) groups excluding carboxylic acids is 2. The Morgan fingerprint density at radius 2 is 1.22 bits per heavy atom. The molecule has 16 N–H and O–H groups in total. The second kappa shape index (κ2) is 27.2. The lowest BCUT2D eigenvalue weighted by molar-refractivity contribution is -0.384. The molecule has 0 aromatic heterocycles. The molecule has 0 saturated carbocycles. The fourth-order valence-electron chi connectivity index (χ4n) is 9.22. The largest absolute Gasteiger partial charge is 0.465 e. The van der Waals surface area contributed by atoms with Gasteiger partial charge in [-0.2, -0.15) is 0 Å². The third kappa shape index (κ3) is 14.0. The second-order valence-electron chi connectivity index (χ2n) is 18.7. The number of benzene rings is 1. The number of aliphatic hydroxyl groups excluding tert-OH is 15. The molecule has 0 spiro atoms. The van der Waals surface area contributed by atoms with Crippen molar-refractivity contribution >= 4 is 46.7 Å². The number of rotatable bonds is 20. The molecule has 1 aromatic carbocycles. The first-order valence-corrected chi connectivity index (χ1v) is 24.9. The Kier molecular flexibility index (Phi) is 22.6. The van der Waals surface area contributed by atoms with Gasteiger partial charge in [0.1, 0.15) is 110 Å². The number of hydrogen-bond acceptors (Lipinski definition) is 28. The predicted molar refractivity (Wildman–Crippen MR) is 246 cm³/mol. The fraction of sp³-hybridized carbons (Fsp3) is 0.818. The van der Waals surface area contributed by atoms with Crippen LogP contribution in [-0.4, -0.2) is 285 Å². The summed E-state index contributed by atoms with van der Waals surface area (Å²) in [5.74, 6) is -6.65. The van der Waals surface area contributed by atoms with E-state index in [-0.39, 0.29) is 6.61 Å². The Morgan fingerprint density at radius 1 is 0.684 bits per heavy atom. The van der Waals surface area contributed by atoms with Crippen molar-refractivity contribution < 1.29 is 138 Å². The SMILES string of the molecule is COC(=O)[C@@]1(OCC2O[C@@H](O[C@@H]3C(O)[C@H](O[C@@H]4C(CO)O[C@@H](OCc5ccccc5)C(O)[C@H]4O)OC(CO)[C@@H]3O)C(NC(=O)C(Cl)(Cl)Cl)[C@@H](O[C@@H]3OC(CO)[C@H](O)[C@H](O)C3O)[C@@H]2O)C[C@@H](O)[C@@H](C)C([C@H](O)[C@H](O)CO)O1. The molecule has 5 aliphatic heterocycles. The van der Waals surface area contributed by atoms with Crippen LogP contribution >= 0.6 is 34.8 Å². The molecule has 76 heavy (non-hydrogen) atoms. The normalized spacial score (nSPS) is 43.2. The molecule has 5 heterocycles. The van der Waals surface area contributed by atoms with Crippen LogP contribution in [0.25, 0.3) is 0 Å². The number of halogens is 3. The predicted octanol–water partition coefficient (Wildman–Crippen LogP) is -7.64. The lowest BCUT2D eigenvalue weighted by atomic mass is 9.84. The van der Waals surface area contributed by atoms with E-state index in [2.05, 4.69) is 5.32 Å². The fourth-order valence-corrected chi connectivity index (χ4v) is 9.38. The highest BCUT2D eigenvalue weighted by Crippen LogP contribution is 2.40. The molecule has 1 amide bonds. The highest BCUT2D eigenvalue weighted by Gasteiger charge is 2.59. The van der Waals surface area contributed by atoms with Crippen LogP contribution in [0.2, 0.25) is 0 Å². The zero-order valence-corrected chi connectivity index (χ0v) is 42.7. The van der Waals surface area contributed by atoms with Crippen molar-refractivity contribution in [3.63, 3.8) is 0 Å². The number of hydrogen-bond donors (Lipinski definition) is 16. The number of amides is 1. The maximum Gasteiger partial charge on any atom is 0.366 e. The second-order valence-corrected chi connectivity index (χ2v) is 21.0. The Bertz CT molecular complexity index is 1990. The van der Waals surface area contributed by atoms with Gasteiger partial charge in [0.2, 0.25) is 0 Å². The van der Waals surface area contributed by atoms with Gasteiger partial charge >= 0.3 is 5.97 Å². The van der Waals surface area contributed by atoms with Gasteiger partial charge in [0, 0.05) is 12.3 Å². The number of alkyl halides is 3. The average Bonchev–Trinajstić information content (AvgIpc) is 3.41. The number of esters is 1. The average molecular weight is 1160 g/mol. The van der Waals surface area contributed by atoms with Gasteiger partial charge in [-0.05, 0) is 5.56 Å². The molecule has 29 nitrogen and oxygen atoms in total. The quantitative estimate of drug-likeness (QED) is 0.0426.